The maximum atomic E-state index is 12.6. The Balaban J connectivity index is 1.94. The van der Waals surface area contributed by atoms with Gasteiger partial charge in [0.2, 0.25) is 19.9 Å². The molecule has 0 spiro atoms. The van der Waals surface area contributed by atoms with Gasteiger partial charge >= 0.3 is 0 Å². The number of sulfone groups is 1. The lowest BCUT2D eigenvalue weighted by Crippen LogP contribution is -2.11. The van der Waals surface area contributed by atoms with Gasteiger partial charge in [-0.2, -0.15) is 5.26 Å². The third kappa shape index (κ3) is 4.58. The van der Waals surface area contributed by atoms with Gasteiger partial charge in [0.15, 0.2) is 4.91 Å². The van der Waals surface area contributed by atoms with Crippen LogP contribution in [0.15, 0.2) is 79.8 Å². The zero-order valence-corrected chi connectivity index (χ0v) is 17.0. The quantitative estimate of drug-likeness (QED) is 0.593. The lowest BCUT2D eigenvalue weighted by molar-refractivity contribution is 0.571. The van der Waals surface area contributed by atoms with Crippen LogP contribution in [-0.4, -0.2) is 16.8 Å². The minimum Gasteiger partial charge on any atom is -0.457 e. The fourth-order valence-corrected chi connectivity index (χ4v) is 4.22. The van der Waals surface area contributed by atoms with E-state index < -0.39 is 24.8 Å². The van der Waals surface area contributed by atoms with Gasteiger partial charge in [-0.25, -0.2) is 22.0 Å². The highest BCUT2D eigenvalue weighted by Gasteiger charge is 2.21. The van der Waals surface area contributed by atoms with E-state index in [0.29, 0.717) is 16.3 Å². The van der Waals surface area contributed by atoms with E-state index in [4.69, 9.17) is 21.2 Å². The van der Waals surface area contributed by atoms with Crippen LogP contribution in [0.2, 0.25) is 5.02 Å². The van der Waals surface area contributed by atoms with Crippen LogP contribution in [0.4, 0.5) is 0 Å². The van der Waals surface area contributed by atoms with Crippen molar-refractivity contribution in [2.75, 3.05) is 0 Å². The highest BCUT2D eigenvalue weighted by Crippen LogP contribution is 2.27. The highest BCUT2D eigenvalue weighted by atomic mass is 35.5. The monoisotopic (exact) mass is 448 g/mol. The van der Waals surface area contributed by atoms with Gasteiger partial charge in [-0.15, -0.1) is 0 Å². The Morgan fingerprint density at radius 3 is 2.07 bits per heavy atom. The summed E-state index contributed by atoms with van der Waals surface area (Å²) in [6.07, 6.45) is 1.12. The van der Waals surface area contributed by atoms with Gasteiger partial charge < -0.3 is 4.42 Å². The number of primary sulfonamides is 1. The van der Waals surface area contributed by atoms with Crippen LogP contribution in [0, 0.1) is 11.3 Å². The van der Waals surface area contributed by atoms with Crippen LogP contribution in [0.1, 0.15) is 5.76 Å². The summed E-state index contributed by atoms with van der Waals surface area (Å²) < 4.78 is 53.5. The summed E-state index contributed by atoms with van der Waals surface area (Å²) in [7, 11) is -7.86. The van der Waals surface area contributed by atoms with Crippen LogP contribution >= 0.6 is 11.6 Å². The molecule has 0 fully saturated rings. The van der Waals surface area contributed by atoms with Crippen molar-refractivity contribution in [2.24, 2.45) is 5.14 Å². The van der Waals surface area contributed by atoms with Crippen LogP contribution < -0.4 is 5.14 Å². The van der Waals surface area contributed by atoms with Crippen molar-refractivity contribution in [3.8, 4) is 17.4 Å². The molecule has 2 aromatic carbocycles. The molecule has 0 saturated heterocycles. The van der Waals surface area contributed by atoms with Crippen molar-refractivity contribution < 1.29 is 21.3 Å². The molecule has 1 heterocycles. The highest BCUT2D eigenvalue weighted by molar-refractivity contribution is 7.95. The summed E-state index contributed by atoms with van der Waals surface area (Å²) in [6, 6.07) is 15.9. The van der Waals surface area contributed by atoms with Gasteiger partial charge in [0, 0.05) is 16.7 Å². The fourth-order valence-electron chi connectivity index (χ4n) is 2.43. The molecule has 0 unspecified atom stereocenters. The normalized spacial score (nSPS) is 12.5. The number of nitrogens with zero attached hydrogens (tertiary/aromatic N) is 1. The molecule has 148 valence electrons. The topological polar surface area (TPSA) is 131 Å². The molecule has 0 radical (unpaired) electrons. The first-order valence-corrected chi connectivity index (χ1v) is 11.4. The van der Waals surface area contributed by atoms with E-state index >= 15 is 0 Å². The number of hydrogen-bond acceptors (Lipinski definition) is 6. The standard InChI is InChI=1S/C19H13ClN2O5S2/c20-14-3-8-16(9-4-14)28(23,24)18(12-21)11-15-5-10-19(27-15)13-1-6-17(7-2-13)29(22,25)26/h1-11H,(H2,22,25,26)/b18-11-. The number of halogens is 1. The molecule has 0 saturated carbocycles. The SMILES string of the molecule is N#C/C(=C/c1ccc(-c2ccc(S(N)(=O)=O)cc2)o1)S(=O)(=O)c1ccc(Cl)cc1. The summed E-state index contributed by atoms with van der Waals surface area (Å²) in [5, 5.41) is 14.8. The van der Waals surface area contributed by atoms with Crippen molar-refractivity contribution >= 4 is 37.5 Å². The molecule has 0 aliphatic carbocycles. The number of nitrogens with two attached hydrogens (primary N) is 1. The second kappa shape index (κ2) is 7.85. The summed E-state index contributed by atoms with van der Waals surface area (Å²) in [5.74, 6) is 0.503. The maximum absolute atomic E-state index is 12.6. The van der Waals surface area contributed by atoms with Gasteiger partial charge in [0.25, 0.3) is 0 Å². The molecule has 0 aliphatic heterocycles. The average molecular weight is 449 g/mol. The van der Waals surface area contributed by atoms with Crippen molar-refractivity contribution in [3.63, 3.8) is 0 Å². The Morgan fingerprint density at radius 1 is 0.931 bits per heavy atom. The van der Waals surface area contributed by atoms with E-state index in [0.717, 1.165) is 6.08 Å². The number of nitriles is 1. The van der Waals surface area contributed by atoms with Gasteiger partial charge in [0.05, 0.1) is 9.79 Å². The number of furan rings is 1. The summed E-state index contributed by atoms with van der Waals surface area (Å²) >= 11 is 5.77. The molecule has 0 aliphatic rings. The molecule has 0 amide bonds. The second-order valence-electron chi connectivity index (χ2n) is 5.85. The predicted octanol–water partition coefficient (Wildman–Crippen LogP) is 3.59. The van der Waals surface area contributed by atoms with Crippen molar-refractivity contribution in [1.29, 1.82) is 5.26 Å². The molecule has 10 heteroatoms. The molecular formula is C19H13ClN2O5S2. The lowest BCUT2D eigenvalue weighted by atomic mass is 10.2. The molecule has 3 aromatic rings. The van der Waals surface area contributed by atoms with Crippen LogP contribution in [0.25, 0.3) is 17.4 Å². The van der Waals surface area contributed by atoms with Crippen LogP contribution in [0.3, 0.4) is 0 Å². The average Bonchev–Trinajstić information content (AvgIpc) is 3.14. The first kappa shape index (κ1) is 20.8. The molecule has 0 atom stereocenters. The Labute approximate surface area is 172 Å². The first-order valence-electron chi connectivity index (χ1n) is 7.97. The Hall–Kier alpha value is -2.90. The van der Waals surface area contributed by atoms with Gasteiger partial charge in [0.1, 0.15) is 17.6 Å². The van der Waals surface area contributed by atoms with Crippen LogP contribution in [-0.2, 0) is 19.9 Å². The minimum atomic E-state index is -4.04. The van der Waals surface area contributed by atoms with E-state index in [-0.39, 0.29) is 15.6 Å². The van der Waals surface area contributed by atoms with Crippen LogP contribution in [0.5, 0.6) is 0 Å². The van der Waals surface area contributed by atoms with E-state index in [1.165, 1.54) is 54.6 Å². The lowest BCUT2D eigenvalue weighted by Gasteiger charge is -2.03. The maximum Gasteiger partial charge on any atom is 0.238 e. The largest absolute Gasteiger partial charge is 0.457 e. The summed E-state index contributed by atoms with van der Waals surface area (Å²) in [6.45, 7) is 0. The first-order chi connectivity index (χ1) is 13.6. The Kier molecular flexibility index (Phi) is 5.64. The second-order valence-corrected chi connectivity index (χ2v) is 9.77. The van der Waals surface area contributed by atoms with E-state index in [9.17, 15) is 22.1 Å². The van der Waals surface area contributed by atoms with Gasteiger partial charge in [-0.3, -0.25) is 0 Å². The molecule has 7 nitrogen and oxygen atoms in total. The van der Waals surface area contributed by atoms with Crippen molar-refractivity contribution in [1.82, 2.24) is 0 Å². The summed E-state index contributed by atoms with van der Waals surface area (Å²) in [4.78, 5) is -0.612. The zero-order valence-electron chi connectivity index (χ0n) is 14.6. The molecule has 1 aromatic heterocycles. The Bertz CT molecular complexity index is 1330. The predicted molar refractivity (Wildman–Crippen MR) is 108 cm³/mol. The Morgan fingerprint density at radius 2 is 1.52 bits per heavy atom. The number of benzene rings is 2. The smallest absolute Gasteiger partial charge is 0.238 e. The van der Waals surface area contributed by atoms with Gasteiger partial charge in [-0.1, -0.05) is 11.6 Å². The van der Waals surface area contributed by atoms with Gasteiger partial charge in [-0.05, 0) is 60.7 Å². The third-order valence-corrected chi connectivity index (χ3v) is 6.75. The molecule has 0 bridgehead atoms. The van der Waals surface area contributed by atoms with E-state index in [1.54, 1.807) is 12.1 Å². The molecule has 29 heavy (non-hydrogen) atoms. The number of hydrogen-bond donors (Lipinski definition) is 1. The number of allylic oxidation sites excluding steroid dienone is 1. The summed E-state index contributed by atoms with van der Waals surface area (Å²) in [5.41, 5.74) is 0.552. The van der Waals surface area contributed by atoms with E-state index in [1.807, 2.05) is 0 Å². The van der Waals surface area contributed by atoms with Crippen molar-refractivity contribution in [3.05, 3.63) is 76.4 Å². The zero-order chi connectivity index (χ0) is 21.2. The number of sulfonamides is 1. The van der Waals surface area contributed by atoms with Crippen molar-refractivity contribution in [2.45, 2.75) is 9.79 Å². The number of rotatable bonds is 5. The molecule has 2 N–H and O–H groups in total. The fraction of sp³-hybridized carbons (Fsp3) is 0. The molecule has 3 rings (SSSR count). The van der Waals surface area contributed by atoms with E-state index in [2.05, 4.69) is 0 Å². The molecular weight excluding hydrogens is 436 g/mol. The third-order valence-electron chi connectivity index (χ3n) is 3.89. The minimum absolute atomic E-state index is 0.0475.